The molecular formula is C18H19ClN2. The molecule has 0 saturated carbocycles. The Bertz CT molecular complexity index is 759. The molecule has 0 saturated heterocycles. The lowest BCUT2D eigenvalue weighted by atomic mass is 10.1. The largest absolute Gasteiger partial charge is 0.324 e. The zero-order valence-electron chi connectivity index (χ0n) is 12.4. The molecule has 1 heterocycles. The molecular weight excluding hydrogens is 280 g/mol. The van der Waals surface area contributed by atoms with Crippen molar-refractivity contribution < 1.29 is 0 Å². The lowest BCUT2D eigenvalue weighted by molar-refractivity contribution is 0.525. The van der Waals surface area contributed by atoms with Gasteiger partial charge in [-0.1, -0.05) is 49.7 Å². The maximum absolute atomic E-state index is 6.37. The number of fused-ring (bicyclic) bond motifs is 1. The third-order valence-electron chi connectivity index (χ3n) is 3.70. The molecule has 0 spiro atoms. The van der Waals surface area contributed by atoms with Gasteiger partial charge in [-0.2, -0.15) is 0 Å². The highest BCUT2D eigenvalue weighted by Crippen LogP contribution is 2.30. The second-order valence-electron chi connectivity index (χ2n) is 5.74. The zero-order chi connectivity index (χ0) is 14.8. The van der Waals surface area contributed by atoms with E-state index >= 15 is 0 Å². The van der Waals surface area contributed by atoms with Gasteiger partial charge >= 0.3 is 0 Å². The van der Waals surface area contributed by atoms with E-state index in [1.165, 1.54) is 5.52 Å². The van der Waals surface area contributed by atoms with Gasteiger partial charge < -0.3 is 4.57 Å². The van der Waals surface area contributed by atoms with Crippen molar-refractivity contribution in [2.75, 3.05) is 0 Å². The van der Waals surface area contributed by atoms with Crippen LogP contribution in [0.4, 0.5) is 0 Å². The SMILES string of the molecule is CC(C)CCn1c(-c2ccccc2Cl)nc2ccccc21. The van der Waals surface area contributed by atoms with E-state index in [2.05, 4.69) is 36.6 Å². The number of aromatic nitrogens is 2. The van der Waals surface area contributed by atoms with Crippen molar-refractivity contribution >= 4 is 22.6 Å². The molecule has 2 aromatic carbocycles. The average Bonchev–Trinajstić information content (AvgIpc) is 2.84. The predicted octanol–water partition coefficient (Wildman–Crippen LogP) is 5.40. The van der Waals surface area contributed by atoms with Gasteiger partial charge in [-0.3, -0.25) is 0 Å². The number of imidazole rings is 1. The number of rotatable bonds is 4. The minimum absolute atomic E-state index is 0.658. The smallest absolute Gasteiger partial charge is 0.142 e. The van der Waals surface area contributed by atoms with E-state index in [4.69, 9.17) is 16.6 Å². The first-order valence-electron chi connectivity index (χ1n) is 7.37. The highest BCUT2D eigenvalue weighted by atomic mass is 35.5. The van der Waals surface area contributed by atoms with Crippen LogP contribution in [0.25, 0.3) is 22.4 Å². The number of halogens is 1. The summed E-state index contributed by atoms with van der Waals surface area (Å²) < 4.78 is 2.29. The summed E-state index contributed by atoms with van der Waals surface area (Å²) in [6, 6.07) is 16.2. The van der Waals surface area contributed by atoms with Crippen LogP contribution in [0.1, 0.15) is 20.3 Å². The van der Waals surface area contributed by atoms with Gasteiger partial charge in [-0.05, 0) is 36.6 Å². The fourth-order valence-corrected chi connectivity index (χ4v) is 2.76. The van der Waals surface area contributed by atoms with E-state index in [0.29, 0.717) is 5.92 Å². The van der Waals surface area contributed by atoms with Crippen LogP contribution in [0.3, 0.4) is 0 Å². The number of aryl methyl sites for hydroxylation is 1. The normalized spacial score (nSPS) is 11.4. The van der Waals surface area contributed by atoms with E-state index in [-0.39, 0.29) is 0 Å². The molecule has 0 N–H and O–H groups in total. The zero-order valence-corrected chi connectivity index (χ0v) is 13.1. The summed E-state index contributed by atoms with van der Waals surface area (Å²) in [4.78, 5) is 4.80. The average molecular weight is 299 g/mol. The molecule has 0 amide bonds. The third kappa shape index (κ3) is 2.81. The highest BCUT2D eigenvalue weighted by molar-refractivity contribution is 6.33. The van der Waals surface area contributed by atoms with Crippen LogP contribution in [0.5, 0.6) is 0 Å². The minimum Gasteiger partial charge on any atom is -0.324 e. The number of nitrogens with zero attached hydrogens (tertiary/aromatic N) is 2. The lowest BCUT2D eigenvalue weighted by Crippen LogP contribution is -2.03. The van der Waals surface area contributed by atoms with Crippen LogP contribution in [0, 0.1) is 5.92 Å². The topological polar surface area (TPSA) is 17.8 Å². The Morgan fingerprint density at radius 2 is 1.76 bits per heavy atom. The molecule has 0 fully saturated rings. The molecule has 0 aliphatic rings. The Labute approximate surface area is 130 Å². The van der Waals surface area contributed by atoms with Crippen LogP contribution in [-0.2, 0) is 6.54 Å². The Hall–Kier alpha value is -1.80. The van der Waals surface area contributed by atoms with Crippen molar-refractivity contribution in [3.63, 3.8) is 0 Å². The molecule has 21 heavy (non-hydrogen) atoms. The first-order chi connectivity index (χ1) is 10.2. The molecule has 0 bridgehead atoms. The molecule has 0 aliphatic heterocycles. The first-order valence-corrected chi connectivity index (χ1v) is 7.75. The molecule has 108 valence electrons. The predicted molar refractivity (Wildman–Crippen MR) is 89.6 cm³/mol. The van der Waals surface area contributed by atoms with Crippen LogP contribution in [0.2, 0.25) is 5.02 Å². The summed E-state index contributed by atoms with van der Waals surface area (Å²) in [7, 11) is 0. The second kappa shape index (κ2) is 5.90. The molecule has 3 heteroatoms. The van der Waals surface area contributed by atoms with Crippen LogP contribution >= 0.6 is 11.6 Å². The highest BCUT2D eigenvalue weighted by Gasteiger charge is 2.14. The van der Waals surface area contributed by atoms with E-state index in [1.54, 1.807) is 0 Å². The van der Waals surface area contributed by atoms with Gasteiger partial charge in [-0.25, -0.2) is 4.98 Å². The number of para-hydroxylation sites is 2. The van der Waals surface area contributed by atoms with Crippen LogP contribution in [-0.4, -0.2) is 9.55 Å². The summed E-state index contributed by atoms with van der Waals surface area (Å²) in [6.45, 7) is 5.45. The summed E-state index contributed by atoms with van der Waals surface area (Å²) in [5.41, 5.74) is 3.20. The molecule has 0 atom stereocenters. The molecule has 0 radical (unpaired) electrons. The quantitative estimate of drug-likeness (QED) is 0.630. The van der Waals surface area contributed by atoms with Crippen molar-refractivity contribution in [3.05, 3.63) is 53.6 Å². The Morgan fingerprint density at radius 1 is 1.05 bits per heavy atom. The van der Waals surface area contributed by atoms with Gasteiger partial charge in [0.05, 0.1) is 16.1 Å². The molecule has 1 aromatic heterocycles. The van der Waals surface area contributed by atoms with Crippen molar-refractivity contribution in [1.82, 2.24) is 9.55 Å². The number of hydrogen-bond acceptors (Lipinski definition) is 1. The Morgan fingerprint density at radius 3 is 2.52 bits per heavy atom. The number of hydrogen-bond donors (Lipinski definition) is 0. The maximum Gasteiger partial charge on any atom is 0.142 e. The molecule has 0 unspecified atom stereocenters. The van der Waals surface area contributed by atoms with Gasteiger partial charge in [0, 0.05) is 12.1 Å². The van der Waals surface area contributed by atoms with Crippen LogP contribution in [0.15, 0.2) is 48.5 Å². The van der Waals surface area contributed by atoms with Gasteiger partial charge in [0.2, 0.25) is 0 Å². The van der Waals surface area contributed by atoms with E-state index < -0.39 is 0 Å². The lowest BCUT2D eigenvalue weighted by Gasteiger charge is -2.12. The standard InChI is InChI=1S/C18H19ClN2/c1-13(2)11-12-21-17-10-6-5-9-16(17)20-18(21)14-7-3-4-8-15(14)19/h3-10,13H,11-12H2,1-2H3. The van der Waals surface area contributed by atoms with Crippen molar-refractivity contribution in [3.8, 4) is 11.4 Å². The third-order valence-corrected chi connectivity index (χ3v) is 4.03. The van der Waals surface area contributed by atoms with Gasteiger partial charge in [0.15, 0.2) is 0 Å². The van der Waals surface area contributed by atoms with Gasteiger partial charge in [0.25, 0.3) is 0 Å². The fourth-order valence-electron chi connectivity index (χ4n) is 2.54. The van der Waals surface area contributed by atoms with E-state index in [0.717, 1.165) is 34.9 Å². The summed E-state index contributed by atoms with van der Waals surface area (Å²) in [6.07, 6.45) is 1.12. The summed E-state index contributed by atoms with van der Waals surface area (Å²) >= 11 is 6.37. The van der Waals surface area contributed by atoms with Crippen molar-refractivity contribution in [2.24, 2.45) is 5.92 Å². The molecule has 3 aromatic rings. The number of benzene rings is 2. The van der Waals surface area contributed by atoms with Gasteiger partial charge in [-0.15, -0.1) is 0 Å². The second-order valence-corrected chi connectivity index (χ2v) is 6.15. The molecule has 0 aliphatic carbocycles. The molecule has 2 nitrogen and oxygen atoms in total. The van der Waals surface area contributed by atoms with Gasteiger partial charge in [0.1, 0.15) is 5.82 Å². The Kier molecular flexibility index (Phi) is 3.98. The Balaban J connectivity index is 2.17. The minimum atomic E-state index is 0.658. The van der Waals surface area contributed by atoms with E-state index in [9.17, 15) is 0 Å². The maximum atomic E-state index is 6.37. The van der Waals surface area contributed by atoms with Crippen molar-refractivity contribution in [2.45, 2.75) is 26.8 Å². The summed E-state index contributed by atoms with van der Waals surface area (Å²) in [5.74, 6) is 1.62. The van der Waals surface area contributed by atoms with E-state index in [1.807, 2.05) is 30.3 Å². The first kappa shape index (κ1) is 14.2. The van der Waals surface area contributed by atoms with Crippen molar-refractivity contribution in [1.29, 1.82) is 0 Å². The molecule has 3 rings (SSSR count). The van der Waals surface area contributed by atoms with Crippen LogP contribution < -0.4 is 0 Å². The monoisotopic (exact) mass is 298 g/mol. The summed E-state index contributed by atoms with van der Waals surface area (Å²) in [5, 5.41) is 0.749. The fraction of sp³-hybridized carbons (Fsp3) is 0.278.